The van der Waals surface area contributed by atoms with Crippen molar-refractivity contribution in [1.29, 1.82) is 0 Å². The number of amides is 1. The van der Waals surface area contributed by atoms with Gasteiger partial charge in [-0.15, -0.1) is 0 Å². The monoisotopic (exact) mass is 291 g/mol. The smallest absolute Gasteiger partial charge is 0.257 e. The molecule has 116 valence electrons. The average Bonchev–Trinajstić information content (AvgIpc) is 2.52. The summed E-state index contributed by atoms with van der Waals surface area (Å²) in [5.41, 5.74) is 2.66. The third-order valence-electron chi connectivity index (χ3n) is 3.70. The van der Waals surface area contributed by atoms with Crippen LogP contribution >= 0.6 is 0 Å². The highest BCUT2D eigenvalue weighted by Gasteiger charge is 2.14. The van der Waals surface area contributed by atoms with E-state index in [4.69, 9.17) is 9.47 Å². The minimum Gasteiger partial charge on any atom is -0.483 e. The minimum absolute atomic E-state index is 0.0695. The van der Waals surface area contributed by atoms with E-state index >= 15 is 0 Å². The van der Waals surface area contributed by atoms with Gasteiger partial charge in [0.25, 0.3) is 5.91 Å². The lowest BCUT2D eigenvalue weighted by Crippen LogP contribution is -2.30. The molecular weight excluding hydrogens is 266 g/mol. The second-order valence-electron chi connectivity index (χ2n) is 5.29. The van der Waals surface area contributed by atoms with Crippen LogP contribution in [0.1, 0.15) is 37.3 Å². The molecule has 0 saturated carbocycles. The Kier molecular flexibility index (Phi) is 6.54. The van der Waals surface area contributed by atoms with Crippen molar-refractivity contribution in [3.05, 3.63) is 29.3 Å². The molecule has 0 aromatic heterocycles. The molecular formula is C17H25NO3. The van der Waals surface area contributed by atoms with Crippen molar-refractivity contribution in [3.8, 4) is 5.75 Å². The number of carbonyl (C=O) groups excluding carboxylic acids is 1. The van der Waals surface area contributed by atoms with Crippen LogP contribution in [0.15, 0.2) is 18.2 Å². The van der Waals surface area contributed by atoms with E-state index in [1.54, 1.807) is 0 Å². The summed E-state index contributed by atoms with van der Waals surface area (Å²) in [7, 11) is 0. The largest absolute Gasteiger partial charge is 0.483 e. The molecule has 0 heterocycles. The maximum Gasteiger partial charge on any atom is 0.257 e. The Morgan fingerprint density at radius 1 is 1.29 bits per heavy atom. The highest BCUT2D eigenvalue weighted by Crippen LogP contribution is 2.29. The standard InChI is InChI=1S/C17H25NO3/c1-2-20-12-6-11-18-17(19)13-21-16-10-5-8-14-7-3-4-9-15(14)16/h5,8,10H,2-4,6-7,9,11-13H2,1H3,(H,18,19). The van der Waals surface area contributed by atoms with Gasteiger partial charge in [-0.25, -0.2) is 0 Å². The molecule has 0 atom stereocenters. The van der Waals surface area contributed by atoms with Crippen molar-refractivity contribution >= 4 is 5.91 Å². The zero-order valence-electron chi connectivity index (χ0n) is 12.8. The van der Waals surface area contributed by atoms with Gasteiger partial charge in [-0.3, -0.25) is 4.79 Å². The van der Waals surface area contributed by atoms with E-state index in [1.165, 1.54) is 24.0 Å². The molecule has 21 heavy (non-hydrogen) atoms. The Morgan fingerprint density at radius 3 is 3.00 bits per heavy atom. The molecule has 0 bridgehead atoms. The first kappa shape index (κ1) is 15.8. The summed E-state index contributed by atoms with van der Waals surface area (Å²) >= 11 is 0. The van der Waals surface area contributed by atoms with Crippen molar-refractivity contribution in [1.82, 2.24) is 5.32 Å². The van der Waals surface area contributed by atoms with Crippen LogP contribution in [-0.2, 0) is 22.4 Å². The molecule has 4 nitrogen and oxygen atoms in total. The average molecular weight is 291 g/mol. The Labute approximate surface area is 126 Å². The third-order valence-corrected chi connectivity index (χ3v) is 3.70. The van der Waals surface area contributed by atoms with Gasteiger partial charge >= 0.3 is 0 Å². The van der Waals surface area contributed by atoms with Crippen molar-refractivity contribution in [2.45, 2.75) is 39.0 Å². The molecule has 0 saturated heterocycles. The number of carbonyl (C=O) groups is 1. The molecule has 1 N–H and O–H groups in total. The maximum absolute atomic E-state index is 11.7. The lowest BCUT2D eigenvalue weighted by atomic mass is 9.91. The van der Waals surface area contributed by atoms with Crippen molar-refractivity contribution in [2.75, 3.05) is 26.4 Å². The van der Waals surface area contributed by atoms with Crippen LogP contribution in [0, 0.1) is 0 Å². The molecule has 0 spiro atoms. The van der Waals surface area contributed by atoms with Gasteiger partial charge in [0.05, 0.1) is 0 Å². The van der Waals surface area contributed by atoms with Crippen LogP contribution in [0.3, 0.4) is 0 Å². The molecule has 1 aromatic rings. The summed E-state index contributed by atoms with van der Waals surface area (Å²) in [4.78, 5) is 11.7. The van der Waals surface area contributed by atoms with Gasteiger partial charge in [0.15, 0.2) is 6.61 Å². The van der Waals surface area contributed by atoms with E-state index in [0.29, 0.717) is 13.2 Å². The first-order chi connectivity index (χ1) is 10.3. The maximum atomic E-state index is 11.7. The third kappa shape index (κ3) is 5.05. The van der Waals surface area contributed by atoms with Crippen molar-refractivity contribution in [2.24, 2.45) is 0 Å². The van der Waals surface area contributed by atoms with Gasteiger partial charge < -0.3 is 14.8 Å². The quantitative estimate of drug-likeness (QED) is 0.749. The Morgan fingerprint density at radius 2 is 2.14 bits per heavy atom. The zero-order valence-corrected chi connectivity index (χ0v) is 12.8. The number of ether oxygens (including phenoxy) is 2. The van der Waals surface area contributed by atoms with Gasteiger partial charge in [0.2, 0.25) is 0 Å². The van der Waals surface area contributed by atoms with Crippen LogP contribution < -0.4 is 10.1 Å². The molecule has 0 fully saturated rings. The lowest BCUT2D eigenvalue weighted by molar-refractivity contribution is -0.123. The fourth-order valence-electron chi connectivity index (χ4n) is 2.62. The van der Waals surface area contributed by atoms with Gasteiger partial charge in [-0.1, -0.05) is 12.1 Å². The molecule has 0 radical (unpaired) electrons. The molecule has 4 heteroatoms. The minimum atomic E-state index is -0.0695. The van der Waals surface area contributed by atoms with Gasteiger partial charge in [-0.05, 0) is 56.2 Å². The SMILES string of the molecule is CCOCCCNC(=O)COc1cccc2c1CCCC2. The first-order valence-corrected chi connectivity index (χ1v) is 7.89. The normalized spacial score (nSPS) is 13.6. The molecule has 2 rings (SSSR count). The van der Waals surface area contributed by atoms with E-state index in [0.717, 1.165) is 31.6 Å². The van der Waals surface area contributed by atoms with E-state index in [1.807, 2.05) is 19.1 Å². The van der Waals surface area contributed by atoms with Gasteiger partial charge in [0.1, 0.15) is 5.75 Å². The van der Waals surface area contributed by atoms with Crippen LogP contribution in [0.2, 0.25) is 0 Å². The summed E-state index contributed by atoms with van der Waals surface area (Å²) in [6.07, 6.45) is 5.46. The van der Waals surface area contributed by atoms with E-state index in [9.17, 15) is 4.79 Å². The molecule has 0 unspecified atom stereocenters. The Bertz CT molecular complexity index is 459. The van der Waals surface area contributed by atoms with E-state index in [-0.39, 0.29) is 12.5 Å². The highest BCUT2D eigenvalue weighted by atomic mass is 16.5. The number of benzene rings is 1. The zero-order chi connectivity index (χ0) is 14.9. The predicted octanol–water partition coefficient (Wildman–Crippen LogP) is 2.49. The number of fused-ring (bicyclic) bond motifs is 1. The molecule has 1 aliphatic rings. The second-order valence-corrected chi connectivity index (χ2v) is 5.29. The summed E-state index contributed by atoms with van der Waals surface area (Å²) in [6.45, 7) is 4.09. The van der Waals surface area contributed by atoms with Crippen LogP contribution in [0.25, 0.3) is 0 Å². The summed E-state index contributed by atoms with van der Waals surface area (Å²) in [5, 5.41) is 2.85. The fraction of sp³-hybridized carbons (Fsp3) is 0.588. The Balaban J connectivity index is 1.74. The number of aryl methyl sites for hydroxylation is 1. The first-order valence-electron chi connectivity index (χ1n) is 7.89. The lowest BCUT2D eigenvalue weighted by Gasteiger charge is -2.19. The molecule has 0 aliphatic heterocycles. The summed E-state index contributed by atoms with van der Waals surface area (Å²) < 4.78 is 10.9. The summed E-state index contributed by atoms with van der Waals surface area (Å²) in [6, 6.07) is 6.14. The van der Waals surface area contributed by atoms with E-state index < -0.39 is 0 Å². The second kappa shape index (κ2) is 8.67. The predicted molar refractivity (Wildman–Crippen MR) is 82.7 cm³/mol. The van der Waals surface area contributed by atoms with Crippen LogP contribution in [-0.4, -0.2) is 32.3 Å². The Hall–Kier alpha value is -1.55. The molecule has 1 aromatic carbocycles. The molecule has 1 amide bonds. The number of hydrogen-bond donors (Lipinski definition) is 1. The summed E-state index contributed by atoms with van der Waals surface area (Å²) in [5.74, 6) is 0.802. The van der Waals surface area contributed by atoms with Crippen molar-refractivity contribution < 1.29 is 14.3 Å². The van der Waals surface area contributed by atoms with Crippen LogP contribution in [0.5, 0.6) is 5.75 Å². The fourth-order valence-corrected chi connectivity index (χ4v) is 2.62. The number of rotatable bonds is 8. The topological polar surface area (TPSA) is 47.6 Å². The van der Waals surface area contributed by atoms with Crippen molar-refractivity contribution in [3.63, 3.8) is 0 Å². The molecule has 1 aliphatic carbocycles. The van der Waals surface area contributed by atoms with E-state index in [2.05, 4.69) is 11.4 Å². The van der Waals surface area contributed by atoms with Gasteiger partial charge in [-0.2, -0.15) is 0 Å². The number of nitrogens with one attached hydrogen (secondary N) is 1. The highest BCUT2D eigenvalue weighted by molar-refractivity contribution is 5.77. The van der Waals surface area contributed by atoms with Crippen LogP contribution in [0.4, 0.5) is 0 Å². The van der Waals surface area contributed by atoms with Gasteiger partial charge in [0, 0.05) is 19.8 Å². The number of hydrogen-bond acceptors (Lipinski definition) is 3.